The lowest BCUT2D eigenvalue weighted by molar-refractivity contribution is -0.131. The van der Waals surface area contributed by atoms with Crippen molar-refractivity contribution in [3.05, 3.63) is 24.3 Å². The third-order valence-corrected chi connectivity index (χ3v) is 18.9. The Morgan fingerprint density at radius 1 is 1.02 bits per heavy atom. The zero-order valence-electron chi connectivity index (χ0n) is 28.6. The molecule has 1 rings (SSSR count). The van der Waals surface area contributed by atoms with Gasteiger partial charge in [-0.25, -0.2) is 4.79 Å². The quantitative estimate of drug-likeness (QED) is 0.0770. The molecule has 1 aliphatic carbocycles. The van der Waals surface area contributed by atoms with Crippen LogP contribution < -0.4 is 0 Å². The van der Waals surface area contributed by atoms with Gasteiger partial charge in [-0.15, -0.1) is 0 Å². The van der Waals surface area contributed by atoms with E-state index in [0.29, 0.717) is 18.1 Å². The summed E-state index contributed by atoms with van der Waals surface area (Å²) in [5.41, 5.74) is 0. The van der Waals surface area contributed by atoms with Crippen LogP contribution in [0.5, 0.6) is 0 Å². The fourth-order valence-electron chi connectivity index (χ4n) is 5.10. The van der Waals surface area contributed by atoms with Gasteiger partial charge < -0.3 is 14.0 Å². The van der Waals surface area contributed by atoms with E-state index >= 15 is 0 Å². The Labute approximate surface area is 255 Å². The molecule has 0 spiro atoms. The third-order valence-electron chi connectivity index (χ3n) is 9.84. The molecular formula is C34H64O5Si2. The summed E-state index contributed by atoms with van der Waals surface area (Å²) in [5.74, 6) is -0.0421. The summed E-state index contributed by atoms with van der Waals surface area (Å²) in [6, 6.07) is 0. The van der Waals surface area contributed by atoms with Crippen LogP contribution in [-0.4, -0.2) is 45.7 Å². The molecule has 0 bridgehead atoms. The predicted octanol–water partition coefficient (Wildman–Crippen LogP) is 9.95. The van der Waals surface area contributed by atoms with Crippen LogP contribution >= 0.6 is 0 Å². The summed E-state index contributed by atoms with van der Waals surface area (Å²) in [5, 5.41) is 9.05. The van der Waals surface area contributed by atoms with Gasteiger partial charge in [-0.2, -0.15) is 0 Å². The molecule has 0 aromatic rings. The molecule has 0 aromatic carbocycles. The summed E-state index contributed by atoms with van der Waals surface area (Å²) in [7, 11) is -4.05. The summed E-state index contributed by atoms with van der Waals surface area (Å²) < 4.78 is 13.9. The van der Waals surface area contributed by atoms with E-state index in [1.54, 1.807) is 6.08 Å². The molecule has 0 heterocycles. The summed E-state index contributed by atoms with van der Waals surface area (Å²) >= 11 is 0. The largest absolute Gasteiger partial charge is 0.478 e. The van der Waals surface area contributed by atoms with Crippen LogP contribution in [0.3, 0.4) is 0 Å². The first-order valence-electron chi connectivity index (χ1n) is 16.2. The van der Waals surface area contributed by atoms with Gasteiger partial charge in [-0.1, -0.05) is 99.3 Å². The van der Waals surface area contributed by atoms with Crippen molar-refractivity contribution in [2.45, 2.75) is 162 Å². The minimum atomic E-state index is -2.07. The van der Waals surface area contributed by atoms with Crippen molar-refractivity contribution in [3.8, 4) is 0 Å². The van der Waals surface area contributed by atoms with Gasteiger partial charge in [0.25, 0.3) is 0 Å². The second-order valence-electron chi connectivity index (χ2n) is 15.6. The number of ketones is 1. The minimum Gasteiger partial charge on any atom is -0.478 e. The Morgan fingerprint density at radius 3 is 2.17 bits per heavy atom. The third kappa shape index (κ3) is 12.6. The lowest BCUT2D eigenvalue weighted by Crippen LogP contribution is -2.45. The second-order valence-corrected chi connectivity index (χ2v) is 25.1. The lowest BCUT2D eigenvalue weighted by Gasteiger charge is -2.40. The van der Waals surface area contributed by atoms with E-state index in [0.717, 1.165) is 32.1 Å². The molecule has 1 aliphatic rings. The highest BCUT2D eigenvalue weighted by Crippen LogP contribution is 2.44. The van der Waals surface area contributed by atoms with E-state index in [-0.39, 0.29) is 34.1 Å². The van der Waals surface area contributed by atoms with Gasteiger partial charge in [0.2, 0.25) is 0 Å². The molecule has 0 aromatic heterocycles. The Bertz CT molecular complexity index is 879. The maximum Gasteiger partial charge on any atom is 0.327 e. The average molecular weight is 609 g/mol. The number of hydrogen-bond acceptors (Lipinski definition) is 4. The van der Waals surface area contributed by atoms with Crippen LogP contribution in [-0.2, 0) is 18.4 Å². The molecule has 41 heavy (non-hydrogen) atoms. The van der Waals surface area contributed by atoms with Crippen molar-refractivity contribution in [3.63, 3.8) is 0 Å². The molecule has 1 saturated carbocycles. The summed E-state index contributed by atoms with van der Waals surface area (Å²) in [4.78, 5) is 24.2. The SMILES string of the molecule is CCCC[C@H](C)C[C@@H](/C=C/[C@H]1C(O[Si](C)(C)C(C)(C)C)CC(=O)[C@@H]1CCCC/C=C/C(=O)O)O[Si](C)(C)C(C)(C)C. The van der Waals surface area contributed by atoms with Crippen LogP contribution in [0.2, 0.25) is 36.3 Å². The molecule has 7 heteroatoms. The standard InChI is InChI=1S/C34H64O5Si2/c1-13-14-19-26(2)24-27(38-40(9,10)33(3,4)5)22-23-29-28(20-17-15-16-18-21-32(36)37)30(35)25-31(29)39-41(11,12)34(6,7)8/h18,21-23,26-29,31H,13-17,19-20,24-25H2,1-12H3,(H,36,37)/b21-18+,23-22+/t26-,27+,28+,29+,31?/m0/s1. The summed E-state index contributed by atoms with van der Waals surface area (Å²) in [6.45, 7) is 27.4. The molecule has 0 aliphatic heterocycles. The van der Waals surface area contributed by atoms with Gasteiger partial charge in [-0.05, 0) is 67.9 Å². The van der Waals surface area contributed by atoms with Crippen LogP contribution in [0.4, 0.5) is 0 Å². The predicted molar refractivity (Wildman–Crippen MR) is 178 cm³/mol. The van der Waals surface area contributed by atoms with E-state index in [9.17, 15) is 9.59 Å². The van der Waals surface area contributed by atoms with Crippen LogP contribution in [0.1, 0.15) is 113 Å². The number of carbonyl (C=O) groups excluding carboxylic acids is 1. The summed E-state index contributed by atoms with van der Waals surface area (Å²) in [6.07, 6.45) is 15.9. The van der Waals surface area contributed by atoms with E-state index in [1.807, 2.05) is 0 Å². The maximum atomic E-state index is 13.4. The van der Waals surface area contributed by atoms with Crippen molar-refractivity contribution in [1.82, 2.24) is 0 Å². The number of rotatable bonds is 17. The molecule has 0 amide bonds. The highest BCUT2D eigenvalue weighted by Gasteiger charge is 2.47. The Balaban J connectivity index is 3.28. The monoisotopic (exact) mass is 608 g/mol. The molecule has 0 saturated heterocycles. The van der Waals surface area contributed by atoms with Gasteiger partial charge in [0.1, 0.15) is 5.78 Å². The van der Waals surface area contributed by atoms with E-state index in [1.165, 1.54) is 25.3 Å². The highest BCUT2D eigenvalue weighted by molar-refractivity contribution is 6.74. The molecule has 5 nitrogen and oxygen atoms in total. The van der Waals surface area contributed by atoms with E-state index < -0.39 is 22.6 Å². The number of Topliss-reactive ketones (excluding diaryl/α,β-unsaturated/α-hetero) is 1. The molecule has 238 valence electrons. The second kappa shape index (κ2) is 16.2. The van der Waals surface area contributed by atoms with Gasteiger partial charge in [0.15, 0.2) is 16.6 Å². The van der Waals surface area contributed by atoms with Crippen molar-refractivity contribution >= 4 is 28.4 Å². The van der Waals surface area contributed by atoms with Gasteiger partial charge in [-0.3, -0.25) is 4.79 Å². The Morgan fingerprint density at radius 2 is 1.63 bits per heavy atom. The Kier molecular flexibility index (Phi) is 15.0. The van der Waals surface area contributed by atoms with E-state index in [2.05, 4.69) is 93.7 Å². The van der Waals surface area contributed by atoms with Gasteiger partial charge in [0, 0.05) is 24.3 Å². The zero-order chi connectivity index (χ0) is 31.6. The number of carboxylic acids is 1. The first kappa shape index (κ1) is 38.0. The number of carboxylic acid groups (broad SMARTS) is 1. The Hall–Kier alpha value is -1.03. The number of unbranched alkanes of at least 4 members (excludes halogenated alkanes) is 3. The molecule has 5 atom stereocenters. The van der Waals surface area contributed by atoms with E-state index in [4.69, 9.17) is 14.0 Å². The number of allylic oxidation sites excluding steroid dienone is 1. The normalized spacial score (nSPS) is 22.6. The molecule has 1 fully saturated rings. The van der Waals surface area contributed by atoms with Crippen molar-refractivity contribution < 1.29 is 23.5 Å². The minimum absolute atomic E-state index is 0.0359. The van der Waals surface area contributed by atoms with Crippen LogP contribution in [0.15, 0.2) is 24.3 Å². The number of carbonyl (C=O) groups is 2. The van der Waals surface area contributed by atoms with Crippen molar-refractivity contribution in [2.24, 2.45) is 17.8 Å². The van der Waals surface area contributed by atoms with Crippen LogP contribution in [0.25, 0.3) is 0 Å². The van der Waals surface area contributed by atoms with Crippen molar-refractivity contribution in [2.75, 3.05) is 0 Å². The zero-order valence-corrected chi connectivity index (χ0v) is 30.6. The first-order chi connectivity index (χ1) is 18.7. The highest BCUT2D eigenvalue weighted by atomic mass is 28.4. The number of aliphatic carboxylic acids is 1. The fourth-order valence-corrected chi connectivity index (χ4v) is 7.73. The van der Waals surface area contributed by atoms with Crippen molar-refractivity contribution in [1.29, 1.82) is 0 Å². The molecular weight excluding hydrogens is 545 g/mol. The molecule has 0 radical (unpaired) electrons. The smallest absolute Gasteiger partial charge is 0.327 e. The first-order valence-corrected chi connectivity index (χ1v) is 22.0. The molecule has 1 N–H and O–H groups in total. The van der Waals surface area contributed by atoms with Crippen LogP contribution in [0, 0.1) is 17.8 Å². The molecule has 1 unspecified atom stereocenters. The lowest BCUT2D eigenvalue weighted by atomic mass is 9.88. The van der Waals surface area contributed by atoms with Gasteiger partial charge >= 0.3 is 5.97 Å². The fraction of sp³-hybridized carbons (Fsp3) is 0.824. The maximum absolute atomic E-state index is 13.4. The average Bonchev–Trinajstić information content (AvgIpc) is 3.09. The van der Waals surface area contributed by atoms with Gasteiger partial charge in [0.05, 0.1) is 12.2 Å². The topological polar surface area (TPSA) is 72.8 Å². The number of hydrogen-bond donors (Lipinski definition) is 1.